The molecule has 5 aliphatic rings. The van der Waals surface area contributed by atoms with Crippen LogP contribution in [0.3, 0.4) is 0 Å². The van der Waals surface area contributed by atoms with Gasteiger partial charge < -0.3 is 28.6 Å². The molecule has 2 bridgehead atoms. The minimum absolute atomic E-state index is 0.0229. The molecule has 4 saturated heterocycles. The number of halogens is 6. The van der Waals surface area contributed by atoms with Crippen LogP contribution < -0.4 is 19.1 Å². The maximum Gasteiger partial charge on any atom is 0.418 e. The molecule has 1 aromatic carbocycles. The summed E-state index contributed by atoms with van der Waals surface area (Å²) in [6.45, 7) is 6.24. The summed E-state index contributed by atoms with van der Waals surface area (Å²) < 4.78 is 104. The van der Waals surface area contributed by atoms with Crippen molar-refractivity contribution in [1.29, 1.82) is 0 Å². The molecule has 292 valence electrons. The van der Waals surface area contributed by atoms with Crippen LogP contribution in [0.4, 0.5) is 32.6 Å². The van der Waals surface area contributed by atoms with Crippen LogP contribution in [0.25, 0.3) is 22.2 Å². The van der Waals surface area contributed by atoms with E-state index in [4.69, 9.17) is 40.3 Å². The summed E-state index contributed by atoms with van der Waals surface area (Å²) in [7, 11) is 1.33. The van der Waals surface area contributed by atoms with E-state index in [0.29, 0.717) is 25.8 Å². The Morgan fingerprint density at radius 1 is 1.09 bits per heavy atom. The topological polar surface area (TPSA) is 112 Å². The van der Waals surface area contributed by atoms with Crippen molar-refractivity contribution in [2.75, 3.05) is 51.7 Å². The zero-order valence-electron chi connectivity index (χ0n) is 30.1. The number of hydrogen-bond acceptors (Lipinski definition) is 11. The van der Waals surface area contributed by atoms with Gasteiger partial charge in [-0.15, -0.1) is 0 Å². The Bertz CT molecular complexity index is 1990. The number of nitrogens with zero attached hydrogens (tertiary/aromatic N) is 6. The van der Waals surface area contributed by atoms with Crippen molar-refractivity contribution in [3.8, 4) is 28.9 Å². The number of methoxy groups -OCH3 is 1. The maximum atomic E-state index is 17.1. The maximum absolute atomic E-state index is 17.1. The summed E-state index contributed by atoms with van der Waals surface area (Å²) in [4.78, 5) is 32.8. The first-order chi connectivity index (χ1) is 25.6. The largest absolute Gasteiger partial charge is 0.475 e. The average molecular weight is 783 g/mol. The molecule has 0 unspecified atom stereocenters. The standard InChI is InChI=1S/C36H40ClF5N6O6/c1-34(2,3)54-33(49)48-19-6-7-23(48)24-15-51-31-25-29(27(39)28(43-31)21-10-20(53-17-50-4)11-22(37)26(21)36(40,41)42)44-32(45-30(25)47(24)14-19)52-16-35-8-5-9-46(35)13-18(38)12-35/h10-11,18-19,23-24H,5-9,12-17H2,1-4H3/t18-,19-,23+,24+,35-/m0/s1. The number of anilines is 1. The van der Waals surface area contributed by atoms with E-state index in [0.717, 1.165) is 18.6 Å². The number of hydrogen-bond donors (Lipinski definition) is 0. The number of rotatable bonds is 7. The van der Waals surface area contributed by atoms with E-state index in [1.165, 1.54) is 7.11 Å². The van der Waals surface area contributed by atoms with Gasteiger partial charge in [0.25, 0.3) is 0 Å². The molecule has 0 saturated carbocycles. The second-order valence-electron chi connectivity index (χ2n) is 15.6. The van der Waals surface area contributed by atoms with E-state index in [1.54, 1.807) is 25.7 Å². The molecule has 4 fully saturated rings. The van der Waals surface area contributed by atoms with Crippen molar-refractivity contribution >= 4 is 34.4 Å². The first-order valence-corrected chi connectivity index (χ1v) is 18.3. The number of carbonyl (C=O) groups excluding carboxylic acids is 1. The molecule has 0 aliphatic carbocycles. The molecule has 18 heteroatoms. The van der Waals surface area contributed by atoms with E-state index in [2.05, 4.69) is 9.97 Å². The number of benzene rings is 1. The number of alkyl halides is 4. The summed E-state index contributed by atoms with van der Waals surface area (Å²) >= 11 is 6.19. The van der Waals surface area contributed by atoms with Gasteiger partial charge >= 0.3 is 18.3 Å². The lowest BCUT2D eigenvalue weighted by atomic mass is 9.95. The first-order valence-electron chi connectivity index (χ1n) is 17.9. The monoisotopic (exact) mass is 782 g/mol. The van der Waals surface area contributed by atoms with Gasteiger partial charge in [-0.05, 0) is 65.1 Å². The van der Waals surface area contributed by atoms with E-state index in [-0.39, 0.29) is 79.9 Å². The van der Waals surface area contributed by atoms with E-state index in [1.807, 2.05) is 9.80 Å². The molecule has 0 radical (unpaired) electrons. The molecule has 5 atom stereocenters. The number of fused-ring (bicyclic) bond motifs is 6. The summed E-state index contributed by atoms with van der Waals surface area (Å²) in [5.74, 6) is -1.33. The van der Waals surface area contributed by atoms with E-state index < -0.39 is 69.3 Å². The van der Waals surface area contributed by atoms with Crippen molar-refractivity contribution in [3.63, 3.8) is 0 Å². The molecule has 0 N–H and O–H groups in total. The number of amides is 1. The SMILES string of the molecule is COCOc1cc(Cl)c(C(F)(F)F)c(-c2nc3c4c(nc(OC[C@@]56CCCN5C[C@@H](F)C6)nc4c2F)N2C[C@@H]4CC[C@H]([C@H]2CO3)N4C(=O)OC(C)(C)C)c1. The van der Waals surface area contributed by atoms with Crippen molar-refractivity contribution in [1.82, 2.24) is 24.8 Å². The summed E-state index contributed by atoms with van der Waals surface area (Å²) in [5.41, 5.74) is -4.51. The number of carbonyl (C=O) groups is 1. The van der Waals surface area contributed by atoms with Crippen LogP contribution in [0.15, 0.2) is 12.1 Å². The molecule has 8 rings (SSSR count). The van der Waals surface area contributed by atoms with Crippen LogP contribution in [-0.2, 0) is 15.7 Å². The number of aromatic nitrogens is 3. The van der Waals surface area contributed by atoms with Gasteiger partial charge in [-0.2, -0.15) is 23.1 Å². The normalized spacial score (nSPS) is 26.4. The highest BCUT2D eigenvalue weighted by atomic mass is 35.5. The summed E-state index contributed by atoms with van der Waals surface area (Å²) in [5, 5.41) is -0.710. The lowest BCUT2D eigenvalue weighted by molar-refractivity contribution is -0.137. The Labute approximate surface area is 312 Å². The van der Waals surface area contributed by atoms with Gasteiger partial charge in [-0.3, -0.25) is 9.80 Å². The molecular weight excluding hydrogens is 743 g/mol. The number of ether oxygens (including phenoxy) is 5. The third-order valence-corrected chi connectivity index (χ3v) is 11.3. The fraction of sp³-hybridized carbons (Fsp3) is 0.611. The first kappa shape index (κ1) is 37.0. The van der Waals surface area contributed by atoms with Gasteiger partial charge in [-0.1, -0.05) is 11.6 Å². The van der Waals surface area contributed by atoms with Crippen LogP contribution in [0.5, 0.6) is 17.6 Å². The quantitative estimate of drug-likeness (QED) is 0.187. The van der Waals surface area contributed by atoms with Crippen LogP contribution in [0.1, 0.15) is 58.4 Å². The average Bonchev–Trinajstić information content (AvgIpc) is 3.69. The Balaban J connectivity index is 1.27. The molecule has 54 heavy (non-hydrogen) atoms. The Hall–Kier alpha value is -3.96. The molecule has 1 amide bonds. The van der Waals surface area contributed by atoms with Crippen molar-refractivity contribution in [2.24, 2.45) is 0 Å². The van der Waals surface area contributed by atoms with Gasteiger partial charge in [0.15, 0.2) is 12.6 Å². The summed E-state index contributed by atoms with van der Waals surface area (Å²) in [6.07, 6.45) is -3.45. The fourth-order valence-corrected chi connectivity index (χ4v) is 9.14. The highest BCUT2D eigenvalue weighted by Gasteiger charge is 2.53. The number of pyridine rings is 1. The zero-order chi connectivity index (χ0) is 38.3. The van der Waals surface area contributed by atoms with Crippen molar-refractivity contribution in [3.05, 3.63) is 28.5 Å². The van der Waals surface area contributed by atoms with Gasteiger partial charge in [0.2, 0.25) is 5.88 Å². The third-order valence-electron chi connectivity index (χ3n) is 11.0. The van der Waals surface area contributed by atoms with Crippen LogP contribution >= 0.6 is 11.6 Å². The summed E-state index contributed by atoms with van der Waals surface area (Å²) in [6, 6.07) is 0.492. The smallest absolute Gasteiger partial charge is 0.418 e. The predicted octanol–water partition coefficient (Wildman–Crippen LogP) is 6.79. The highest BCUT2D eigenvalue weighted by molar-refractivity contribution is 6.32. The molecule has 5 aliphatic heterocycles. The molecule has 12 nitrogen and oxygen atoms in total. The molecule has 7 heterocycles. The van der Waals surface area contributed by atoms with Crippen LogP contribution in [0, 0.1) is 5.82 Å². The van der Waals surface area contributed by atoms with E-state index in [9.17, 15) is 22.4 Å². The van der Waals surface area contributed by atoms with E-state index >= 15 is 4.39 Å². The molecule has 2 aromatic heterocycles. The molecule has 3 aromatic rings. The Morgan fingerprint density at radius 2 is 1.89 bits per heavy atom. The minimum atomic E-state index is -5.03. The van der Waals surface area contributed by atoms with Crippen LogP contribution in [0.2, 0.25) is 5.02 Å². The lowest BCUT2D eigenvalue weighted by Crippen LogP contribution is -2.63. The minimum Gasteiger partial charge on any atom is -0.475 e. The van der Waals surface area contributed by atoms with Gasteiger partial charge in [0.1, 0.15) is 53.2 Å². The number of piperazine rings is 1. The zero-order valence-corrected chi connectivity index (χ0v) is 30.9. The third kappa shape index (κ3) is 6.38. The Morgan fingerprint density at radius 3 is 2.63 bits per heavy atom. The van der Waals surface area contributed by atoms with Crippen LogP contribution in [-0.4, -0.2) is 113 Å². The highest BCUT2D eigenvalue weighted by Crippen LogP contribution is 2.49. The van der Waals surface area contributed by atoms with Gasteiger partial charge in [-0.25, -0.2) is 18.6 Å². The Kier molecular flexibility index (Phi) is 9.15. The second-order valence-corrected chi connectivity index (χ2v) is 16.0. The lowest BCUT2D eigenvalue weighted by Gasteiger charge is -2.46. The van der Waals surface area contributed by atoms with Gasteiger partial charge in [0.05, 0.1) is 34.3 Å². The predicted molar refractivity (Wildman–Crippen MR) is 185 cm³/mol. The molecular formula is C36H40ClF5N6O6. The van der Waals surface area contributed by atoms with Gasteiger partial charge in [0, 0.05) is 32.2 Å². The molecule has 0 spiro atoms. The van der Waals surface area contributed by atoms with Crippen molar-refractivity contribution < 1.29 is 50.4 Å². The second kappa shape index (κ2) is 13.4. The van der Waals surface area contributed by atoms with Crippen molar-refractivity contribution in [2.45, 2.75) is 94.5 Å². The fourth-order valence-electron chi connectivity index (χ4n) is 8.82.